The van der Waals surface area contributed by atoms with Crippen LogP contribution in [0.3, 0.4) is 0 Å². The summed E-state index contributed by atoms with van der Waals surface area (Å²) < 4.78 is 18.7. The van der Waals surface area contributed by atoms with Gasteiger partial charge in [0.2, 0.25) is 0 Å². The molecule has 1 heterocycles. The minimum Gasteiger partial charge on any atom is -0.494 e. The normalized spacial score (nSPS) is 14.4. The van der Waals surface area contributed by atoms with E-state index in [9.17, 15) is 9.18 Å². The Morgan fingerprint density at radius 1 is 1.03 bits per heavy atom. The molecule has 2 aromatic carbocycles. The molecule has 0 atom stereocenters. The summed E-state index contributed by atoms with van der Waals surface area (Å²) in [4.78, 5) is 16.7. The molecule has 0 radical (unpaired) electrons. The molecular formula is C23H31FN4O2. The molecule has 162 valence electrons. The quantitative estimate of drug-likeness (QED) is 0.610. The van der Waals surface area contributed by atoms with Gasteiger partial charge in [-0.1, -0.05) is 13.3 Å². The van der Waals surface area contributed by atoms with Gasteiger partial charge >= 0.3 is 6.03 Å². The highest BCUT2D eigenvalue weighted by atomic mass is 19.1. The fraction of sp³-hybridized carbons (Fsp3) is 0.435. The van der Waals surface area contributed by atoms with Gasteiger partial charge in [0.25, 0.3) is 0 Å². The van der Waals surface area contributed by atoms with Crippen LogP contribution in [0, 0.1) is 5.82 Å². The molecule has 2 amide bonds. The molecule has 1 aliphatic rings. The number of piperazine rings is 1. The zero-order chi connectivity index (χ0) is 21.2. The average Bonchev–Trinajstić information content (AvgIpc) is 2.76. The maximum absolute atomic E-state index is 13.1. The third kappa shape index (κ3) is 6.91. The molecular weight excluding hydrogens is 383 g/mol. The van der Waals surface area contributed by atoms with Crippen LogP contribution >= 0.6 is 0 Å². The minimum absolute atomic E-state index is 0.209. The summed E-state index contributed by atoms with van der Waals surface area (Å²) in [7, 11) is 0. The van der Waals surface area contributed by atoms with E-state index in [-0.39, 0.29) is 11.8 Å². The number of rotatable bonds is 9. The zero-order valence-corrected chi connectivity index (χ0v) is 17.6. The second-order valence-corrected chi connectivity index (χ2v) is 7.41. The second kappa shape index (κ2) is 11.4. The Morgan fingerprint density at radius 2 is 1.73 bits per heavy atom. The van der Waals surface area contributed by atoms with Crippen LogP contribution in [0.15, 0.2) is 48.5 Å². The number of unbranched alkanes of at least 4 members (excludes halogenated alkanes) is 1. The van der Waals surface area contributed by atoms with E-state index >= 15 is 0 Å². The number of amides is 2. The molecule has 0 saturated carbocycles. The maximum atomic E-state index is 13.1. The topological polar surface area (TPSA) is 56.8 Å². The van der Waals surface area contributed by atoms with Crippen molar-refractivity contribution < 1.29 is 13.9 Å². The Morgan fingerprint density at radius 3 is 2.40 bits per heavy atom. The standard InChI is InChI=1S/C23H31FN4O2/c1-2-3-18-30-22-10-6-20(7-11-22)26-23(29)25-12-13-27-14-16-28(17-15-27)21-8-4-19(24)5-9-21/h4-11H,2-3,12-18H2,1H3,(H2,25,26,29). The van der Waals surface area contributed by atoms with Crippen LogP contribution in [0.2, 0.25) is 0 Å². The van der Waals surface area contributed by atoms with E-state index in [0.717, 1.165) is 62.7 Å². The zero-order valence-electron chi connectivity index (χ0n) is 17.6. The monoisotopic (exact) mass is 414 g/mol. The molecule has 0 unspecified atom stereocenters. The molecule has 0 aliphatic carbocycles. The number of hydrogen-bond acceptors (Lipinski definition) is 4. The molecule has 6 nitrogen and oxygen atoms in total. The van der Waals surface area contributed by atoms with Gasteiger partial charge < -0.3 is 20.3 Å². The first-order valence-electron chi connectivity index (χ1n) is 10.6. The van der Waals surface area contributed by atoms with Crippen LogP contribution in [0.4, 0.5) is 20.6 Å². The van der Waals surface area contributed by atoms with E-state index in [2.05, 4.69) is 27.4 Å². The molecule has 2 N–H and O–H groups in total. The van der Waals surface area contributed by atoms with Crippen molar-refractivity contribution in [1.82, 2.24) is 10.2 Å². The van der Waals surface area contributed by atoms with Gasteiger partial charge in [0.05, 0.1) is 6.61 Å². The van der Waals surface area contributed by atoms with Gasteiger partial charge in [-0.3, -0.25) is 4.90 Å². The summed E-state index contributed by atoms with van der Waals surface area (Å²) in [5.41, 5.74) is 1.79. The van der Waals surface area contributed by atoms with Crippen molar-refractivity contribution in [3.05, 3.63) is 54.3 Å². The third-order valence-corrected chi connectivity index (χ3v) is 5.16. The Balaban J connectivity index is 1.31. The van der Waals surface area contributed by atoms with E-state index in [1.54, 1.807) is 0 Å². The molecule has 7 heteroatoms. The molecule has 3 rings (SSSR count). The molecule has 30 heavy (non-hydrogen) atoms. The van der Waals surface area contributed by atoms with Crippen LogP contribution in [0.1, 0.15) is 19.8 Å². The molecule has 0 bridgehead atoms. The molecule has 0 spiro atoms. The number of halogens is 1. The van der Waals surface area contributed by atoms with Gasteiger partial charge in [-0.25, -0.2) is 9.18 Å². The number of carbonyl (C=O) groups excluding carboxylic acids is 1. The lowest BCUT2D eigenvalue weighted by atomic mass is 10.2. The van der Waals surface area contributed by atoms with Crippen LogP contribution in [0.25, 0.3) is 0 Å². The number of hydrogen-bond donors (Lipinski definition) is 2. The Labute approximate surface area is 178 Å². The van der Waals surface area contributed by atoms with Gasteiger partial charge in [0.1, 0.15) is 11.6 Å². The Bertz CT molecular complexity index is 775. The van der Waals surface area contributed by atoms with Crippen molar-refractivity contribution in [2.45, 2.75) is 19.8 Å². The van der Waals surface area contributed by atoms with Crippen molar-refractivity contribution >= 4 is 17.4 Å². The van der Waals surface area contributed by atoms with E-state index in [1.165, 1.54) is 12.1 Å². The first-order chi connectivity index (χ1) is 14.6. The number of carbonyl (C=O) groups is 1. The van der Waals surface area contributed by atoms with E-state index in [4.69, 9.17) is 4.74 Å². The minimum atomic E-state index is -0.210. The van der Waals surface area contributed by atoms with Crippen molar-refractivity contribution in [2.24, 2.45) is 0 Å². The number of urea groups is 1. The van der Waals surface area contributed by atoms with E-state index in [1.807, 2.05) is 36.4 Å². The molecule has 1 aliphatic heterocycles. The number of benzene rings is 2. The first kappa shape index (κ1) is 21.9. The van der Waals surface area contributed by atoms with Gasteiger partial charge in [0.15, 0.2) is 0 Å². The summed E-state index contributed by atoms with van der Waals surface area (Å²) >= 11 is 0. The number of nitrogens with one attached hydrogen (secondary N) is 2. The first-order valence-corrected chi connectivity index (χ1v) is 10.6. The highest BCUT2D eigenvalue weighted by Gasteiger charge is 2.17. The Hall–Kier alpha value is -2.80. The summed E-state index contributed by atoms with van der Waals surface area (Å²) in [5, 5.41) is 5.75. The van der Waals surface area contributed by atoms with Crippen molar-refractivity contribution in [1.29, 1.82) is 0 Å². The van der Waals surface area contributed by atoms with Gasteiger partial charge in [-0.05, 0) is 55.0 Å². The Kier molecular flexibility index (Phi) is 8.32. The molecule has 1 fully saturated rings. The predicted molar refractivity (Wildman–Crippen MR) is 119 cm³/mol. The van der Waals surface area contributed by atoms with Crippen molar-refractivity contribution in [3.8, 4) is 5.75 Å². The van der Waals surface area contributed by atoms with Gasteiger partial charge in [-0.15, -0.1) is 0 Å². The fourth-order valence-corrected chi connectivity index (χ4v) is 3.35. The number of ether oxygens (including phenoxy) is 1. The SMILES string of the molecule is CCCCOc1ccc(NC(=O)NCCN2CCN(c3ccc(F)cc3)CC2)cc1. The smallest absolute Gasteiger partial charge is 0.319 e. The summed E-state index contributed by atoms with van der Waals surface area (Å²) in [6.45, 7) is 7.84. The fourth-order valence-electron chi connectivity index (χ4n) is 3.35. The van der Waals surface area contributed by atoms with E-state index in [0.29, 0.717) is 13.2 Å². The third-order valence-electron chi connectivity index (χ3n) is 5.16. The van der Waals surface area contributed by atoms with Crippen LogP contribution in [-0.4, -0.2) is 56.8 Å². The maximum Gasteiger partial charge on any atom is 0.319 e. The van der Waals surface area contributed by atoms with Crippen LogP contribution in [0.5, 0.6) is 5.75 Å². The highest BCUT2D eigenvalue weighted by Crippen LogP contribution is 2.17. The number of nitrogens with zero attached hydrogens (tertiary/aromatic N) is 2. The lowest BCUT2D eigenvalue weighted by Crippen LogP contribution is -2.48. The number of anilines is 2. The van der Waals surface area contributed by atoms with Crippen LogP contribution in [-0.2, 0) is 0 Å². The lowest BCUT2D eigenvalue weighted by molar-refractivity contribution is 0.240. The average molecular weight is 415 g/mol. The summed E-state index contributed by atoms with van der Waals surface area (Å²) in [6, 6.07) is 13.8. The molecule has 2 aromatic rings. The highest BCUT2D eigenvalue weighted by molar-refractivity contribution is 5.89. The molecule has 0 aromatic heterocycles. The summed E-state index contributed by atoms with van der Waals surface area (Å²) in [5.74, 6) is 0.604. The summed E-state index contributed by atoms with van der Waals surface area (Å²) in [6.07, 6.45) is 2.13. The van der Waals surface area contributed by atoms with Crippen LogP contribution < -0.4 is 20.3 Å². The molecule has 1 saturated heterocycles. The largest absolute Gasteiger partial charge is 0.494 e. The van der Waals surface area contributed by atoms with Crippen molar-refractivity contribution in [3.63, 3.8) is 0 Å². The van der Waals surface area contributed by atoms with Crippen molar-refractivity contribution in [2.75, 3.05) is 56.1 Å². The lowest BCUT2D eigenvalue weighted by Gasteiger charge is -2.36. The predicted octanol–water partition coefficient (Wildman–Crippen LogP) is 3.95. The van der Waals surface area contributed by atoms with E-state index < -0.39 is 0 Å². The van der Waals surface area contributed by atoms with Gasteiger partial charge in [0, 0.05) is 50.6 Å². The van der Waals surface area contributed by atoms with Gasteiger partial charge in [-0.2, -0.15) is 0 Å². The second-order valence-electron chi connectivity index (χ2n) is 7.41.